The van der Waals surface area contributed by atoms with Crippen LogP contribution in [0.4, 0.5) is 0 Å². The van der Waals surface area contributed by atoms with Gasteiger partial charge in [0.15, 0.2) is 5.69 Å². The number of carbonyl (C=O) groups is 1. The van der Waals surface area contributed by atoms with Gasteiger partial charge in [0.25, 0.3) is 0 Å². The van der Waals surface area contributed by atoms with E-state index in [4.69, 9.17) is 14.9 Å². The van der Waals surface area contributed by atoms with E-state index in [2.05, 4.69) is 9.59 Å². The summed E-state index contributed by atoms with van der Waals surface area (Å²) in [5.74, 6) is -0.446. The van der Waals surface area contributed by atoms with Crippen LogP contribution in [0.3, 0.4) is 0 Å². The molecule has 2 N–H and O–H groups in total. The molecule has 0 atom stereocenters. The van der Waals surface area contributed by atoms with Crippen molar-refractivity contribution in [3.05, 3.63) is 34.8 Å². The second kappa shape index (κ2) is 4.79. The molecule has 88 valence electrons. The van der Waals surface area contributed by atoms with E-state index in [1.807, 2.05) is 0 Å². The maximum absolute atomic E-state index is 10.8. The van der Waals surface area contributed by atoms with Gasteiger partial charge in [0.2, 0.25) is 0 Å². The van der Waals surface area contributed by atoms with E-state index in [0.717, 1.165) is 11.5 Å². The van der Waals surface area contributed by atoms with Gasteiger partial charge in [-0.2, -0.15) is 0 Å². The van der Waals surface area contributed by atoms with Crippen molar-refractivity contribution in [3.63, 3.8) is 0 Å². The molecule has 0 saturated carbocycles. The number of rotatable bonds is 4. The zero-order chi connectivity index (χ0) is 12.3. The van der Waals surface area contributed by atoms with Crippen LogP contribution in [0.2, 0.25) is 0 Å². The van der Waals surface area contributed by atoms with E-state index in [0.29, 0.717) is 10.6 Å². The number of ether oxygens (including phenoxy) is 1. The number of hydrogen-bond donors (Lipinski definition) is 2. The Balaban J connectivity index is 2.05. The lowest BCUT2D eigenvalue weighted by molar-refractivity contribution is 0.0687. The molecule has 0 radical (unpaired) electrons. The number of phenols is 1. The SMILES string of the molecule is O=C(O)c1nnsc1COc1ccc(O)cc1. The molecule has 0 saturated heterocycles. The molecule has 6 nitrogen and oxygen atoms in total. The molecule has 0 fully saturated rings. The summed E-state index contributed by atoms with van der Waals surface area (Å²) in [4.78, 5) is 11.2. The molecule has 1 aromatic heterocycles. The van der Waals surface area contributed by atoms with Crippen LogP contribution in [0.15, 0.2) is 24.3 Å². The van der Waals surface area contributed by atoms with Gasteiger partial charge in [-0.05, 0) is 35.8 Å². The van der Waals surface area contributed by atoms with E-state index in [9.17, 15) is 4.79 Å². The first-order valence-electron chi connectivity index (χ1n) is 4.63. The van der Waals surface area contributed by atoms with Crippen molar-refractivity contribution < 1.29 is 19.7 Å². The molecule has 2 aromatic rings. The first-order chi connectivity index (χ1) is 8.16. The summed E-state index contributed by atoms with van der Waals surface area (Å²) in [6.07, 6.45) is 0. The van der Waals surface area contributed by atoms with E-state index >= 15 is 0 Å². The Kier molecular flexibility index (Phi) is 3.20. The molecular formula is C10H8N2O4S. The van der Waals surface area contributed by atoms with E-state index in [1.54, 1.807) is 12.1 Å². The van der Waals surface area contributed by atoms with Crippen LogP contribution in [0.5, 0.6) is 11.5 Å². The van der Waals surface area contributed by atoms with Crippen LogP contribution in [-0.4, -0.2) is 25.8 Å². The summed E-state index contributed by atoms with van der Waals surface area (Å²) >= 11 is 0.984. The zero-order valence-electron chi connectivity index (χ0n) is 8.53. The highest BCUT2D eigenvalue weighted by Crippen LogP contribution is 2.19. The molecule has 0 bridgehead atoms. The van der Waals surface area contributed by atoms with Crippen molar-refractivity contribution >= 4 is 17.5 Å². The van der Waals surface area contributed by atoms with E-state index in [1.165, 1.54) is 12.1 Å². The molecule has 0 aliphatic heterocycles. The predicted molar refractivity (Wildman–Crippen MR) is 59.3 cm³/mol. The van der Waals surface area contributed by atoms with Crippen LogP contribution in [0.1, 0.15) is 15.4 Å². The first kappa shape index (κ1) is 11.3. The first-order valence-corrected chi connectivity index (χ1v) is 5.40. The lowest BCUT2D eigenvalue weighted by atomic mass is 10.3. The molecule has 7 heteroatoms. The van der Waals surface area contributed by atoms with Gasteiger partial charge in [-0.3, -0.25) is 0 Å². The minimum Gasteiger partial charge on any atom is -0.508 e. The monoisotopic (exact) mass is 252 g/mol. The molecule has 0 amide bonds. The third-order valence-electron chi connectivity index (χ3n) is 1.97. The highest BCUT2D eigenvalue weighted by Gasteiger charge is 2.15. The number of carboxylic acid groups (broad SMARTS) is 1. The zero-order valence-corrected chi connectivity index (χ0v) is 9.35. The van der Waals surface area contributed by atoms with Crippen molar-refractivity contribution in [2.75, 3.05) is 0 Å². The molecule has 0 spiro atoms. The molecule has 0 unspecified atom stereocenters. The minimum atomic E-state index is -1.12. The molecular weight excluding hydrogens is 244 g/mol. The standard InChI is InChI=1S/C10H8N2O4S/c13-6-1-3-7(4-2-6)16-5-8-9(10(14)15)11-12-17-8/h1-4,13H,5H2,(H,14,15). The number of aromatic carboxylic acids is 1. The van der Waals surface area contributed by atoms with Crippen molar-refractivity contribution in [1.29, 1.82) is 0 Å². The Morgan fingerprint density at radius 1 is 1.35 bits per heavy atom. The van der Waals surface area contributed by atoms with Gasteiger partial charge in [-0.25, -0.2) is 4.79 Å². The number of nitrogens with zero attached hydrogens (tertiary/aromatic N) is 2. The molecule has 0 aliphatic carbocycles. The summed E-state index contributed by atoms with van der Waals surface area (Å²) in [6, 6.07) is 6.14. The summed E-state index contributed by atoms with van der Waals surface area (Å²) in [7, 11) is 0. The Morgan fingerprint density at radius 2 is 2.06 bits per heavy atom. The van der Waals surface area contributed by atoms with Crippen molar-refractivity contribution in [2.24, 2.45) is 0 Å². The Bertz CT molecular complexity index is 523. The average molecular weight is 252 g/mol. The lowest BCUT2D eigenvalue weighted by Crippen LogP contribution is -2.03. The maximum Gasteiger partial charge on any atom is 0.357 e. The normalized spacial score (nSPS) is 10.1. The number of aromatic nitrogens is 2. The fourth-order valence-corrected chi connectivity index (χ4v) is 1.70. The van der Waals surface area contributed by atoms with Crippen LogP contribution < -0.4 is 4.74 Å². The maximum atomic E-state index is 10.8. The van der Waals surface area contributed by atoms with E-state index < -0.39 is 5.97 Å². The van der Waals surface area contributed by atoms with Gasteiger partial charge < -0.3 is 14.9 Å². The predicted octanol–water partition coefficient (Wildman–Crippen LogP) is 1.52. The fraction of sp³-hybridized carbons (Fsp3) is 0.100. The lowest BCUT2D eigenvalue weighted by Gasteiger charge is -2.04. The van der Waals surface area contributed by atoms with Gasteiger partial charge in [-0.15, -0.1) is 5.10 Å². The summed E-state index contributed by atoms with van der Waals surface area (Å²) in [5.41, 5.74) is -0.0891. The topological polar surface area (TPSA) is 92.5 Å². The Morgan fingerprint density at radius 3 is 2.71 bits per heavy atom. The highest BCUT2D eigenvalue weighted by atomic mass is 32.1. The number of aromatic hydroxyl groups is 1. The van der Waals surface area contributed by atoms with Crippen molar-refractivity contribution in [1.82, 2.24) is 9.59 Å². The molecule has 1 heterocycles. The van der Waals surface area contributed by atoms with E-state index in [-0.39, 0.29) is 18.1 Å². The van der Waals surface area contributed by atoms with Gasteiger partial charge in [0.1, 0.15) is 18.1 Å². The van der Waals surface area contributed by atoms with Crippen LogP contribution in [-0.2, 0) is 6.61 Å². The summed E-state index contributed by atoms with van der Waals surface area (Å²) in [6.45, 7) is 0.0874. The smallest absolute Gasteiger partial charge is 0.357 e. The van der Waals surface area contributed by atoms with Crippen LogP contribution in [0.25, 0.3) is 0 Å². The number of phenolic OH excluding ortho intramolecular Hbond substituents is 1. The number of carboxylic acids is 1. The highest BCUT2D eigenvalue weighted by molar-refractivity contribution is 7.05. The summed E-state index contributed by atoms with van der Waals surface area (Å²) in [5, 5.41) is 21.4. The summed E-state index contributed by atoms with van der Waals surface area (Å²) < 4.78 is 8.91. The Hall–Kier alpha value is -2.15. The van der Waals surface area contributed by atoms with Gasteiger partial charge in [-0.1, -0.05) is 4.49 Å². The third-order valence-corrected chi connectivity index (χ3v) is 2.66. The van der Waals surface area contributed by atoms with Crippen molar-refractivity contribution in [2.45, 2.75) is 6.61 Å². The van der Waals surface area contributed by atoms with Gasteiger partial charge >= 0.3 is 5.97 Å². The molecule has 1 aromatic carbocycles. The quantitative estimate of drug-likeness (QED) is 0.857. The average Bonchev–Trinajstić information content (AvgIpc) is 2.76. The number of hydrogen-bond acceptors (Lipinski definition) is 6. The fourth-order valence-electron chi connectivity index (χ4n) is 1.16. The largest absolute Gasteiger partial charge is 0.508 e. The van der Waals surface area contributed by atoms with Crippen LogP contribution in [0, 0.1) is 0 Å². The van der Waals surface area contributed by atoms with Gasteiger partial charge in [0.05, 0.1) is 4.88 Å². The number of benzene rings is 1. The Labute approximate surface area is 100 Å². The molecule has 17 heavy (non-hydrogen) atoms. The molecule has 0 aliphatic rings. The van der Waals surface area contributed by atoms with Crippen molar-refractivity contribution in [3.8, 4) is 11.5 Å². The minimum absolute atomic E-state index is 0.0874. The van der Waals surface area contributed by atoms with Crippen LogP contribution >= 0.6 is 11.5 Å². The second-order valence-electron chi connectivity index (χ2n) is 3.13. The molecule has 2 rings (SSSR count). The third kappa shape index (κ3) is 2.70. The second-order valence-corrected chi connectivity index (χ2v) is 3.97. The van der Waals surface area contributed by atoms with Gasteiger partial charge in [0, 0.05) is 0 Å².